The van der Waals surface area contributed by atoms with E-state index in [-0.39, 0.29) is 21.0 Å². The monoisotopic (exact) mass is 589 g/mol. The summed E-state index contributed by atoms with van der Waals surface area (Å²) in [4.78, 5) is 18.0. The first kappa shape index (κ1) is 28.5. The molecule has 3 aromatic carbocycles. The Morgan fingerprint density at radius 3 is 2.38 bits per heavy atom. The Hall–Kier alpha value is -3.52. The molecule has 4 rings (SSSR count). The first-order chi connectivity index (χ1) is 18.5. The molecule has 0 saturated heterocycles. The van der Waals surface area contributed by atoms with Gasteiger partial charge in [0, 0.05) is 30.7 Å². The smallest absolute Gasteiger partial charge is 0.279 e. The fourth-order valence-electron chi connectivity index (χ4n) is 3.72. The summed E-state index contributed by atoms with van der Waals surface area (Å²) in [5.74, 6) is -0.0593. The van der Waals surface area contributed by atoms with Crippen LogP contribution in [0.2, 0.25) is 0 Å². The van der Waals surface area contributed by atoms with Crippen LogP contribution < -0.4 is 14.3 Å². The van der Waals surface area contributed by atoms with Crippen LogP contribution in [0.15, 0.2) is 81.5 Å². The van der Waals surface area contributed by atoms with E-state index in [2.05, 4.69) is 9.71 Å². The van der Waals surface area contributed by atoms with E-state index in [0.29, 0.717) is 35.0 Å². The molecular formula is C26H27N3O7S3. The second-order valence-electron chi connectivity index (χ2n) is 8.41. The second-order valence-corrected chi connectivity index (χ2v) is 13.1. The van der Waals surface area contributed by atoms with Crippen molar-refractivity contribution in [2.24, 2.45) is 4.99 Å². The summed E-state index contributed by atoms with van der Waals surface area (Å²) in [6.45, 7) is 3.17. The van der Waals surface area contributed by atoms with Crippen molar-refractivity contribution in [1.82, 2.24) is 4.57 Å². The lowest BCUT2D eigenvalue weighted by atomic mass is 10.2. The van der Waals surface area contributed by atoms with Gasteiger partial charge in [-0.2, -0.15) is 4.99 Å². The highest BCUT2D eigenvalue weighted by Gasteiger charge is 2.17. The number of fused-ring (bicyclic) bond motifs is 1. The Kier molecular flexibility index (Phi) is 8.54. The van der Waals surface area contributed by atoms with Crippen molar-refractivity contribution >= 4 is 53.0 Å². The standard InChI is InChI=1S/C26H27N3O7S3/c1-4-36-15-14-29-23-13-12-22(38(3,31)32)17-24(23)37-26(29)27-25(30)18-6-5-7-19(16-18)28-39(33,34)21-10-8-20(35-2)9-11-21/h5-13,16-17,28H,4,14-15H2,1-3H3. The van der Waals surface area contributed by atoms with Crippen LogP contribution in [0.1, 0.15) is 17.3 Å². The molecule has 0 bridgehead atoms. The minimum Gasteiger partial charge on any atom is -0.497 e. The maximum Gasteiger partial charge on any atom is 0.279 e. The predicted octanol–water partition coefficient (Wildman–Crippen LogP) is 3.69. The third-order valence-corrected chi connectivity index (χ3v) is 9.22. The van der Waals surface area contributed by atoms with Gasteiger partial charge in [-0.3, -0.25) is 9.52 Å². The Labute approximate surface area is 230 Å². The van der Waals surface area contributed by atoms with Gasteiger partial charge in [-0.15, -0.1) is 0 Å². The number of carbonyl (C=O) groups excluding carboxylic acids is 1. The molecule has 1 aromatic heterocycles. The van der Waals surface area contributed by atoms with Gasteiger partial charge in [0.15, 0.2) is 14.6 Å². The number of hydrogen-bond donors (Lipinski definition) is 1. The van der Waals surface area contributed by atoms with Crippen LogP contribution in [-0.2, 0) is 31.1 Å². The zero-order valence-electron chi connectivity index (χ0n) is 21.4. The van der Waals surface area contributed by atoms with E-state index in [4.69, 9.17) is 9.47 Å². The number of benzene rings is 3. The Balaban J connectivity index is 1.68. The lowest BCUT2D eigenvalue weighted by molar-refractivity contribution is 0.0996. The van der Waals surface area contributed by atoms with Crippen LogP contribution in [0.5, 0.6) is 5.75 Å². The van der Waals surface area contributed by atoms with Crippen molar-refractivity contribution in [2.45, 2.75) is 23.3 Å². The molecule has 13 heteroatoms. The first-order valence-corrected chi connectivity index (χ1v) is 16.0. The molecule has 0 radical (unpaired) electrons. The maximum absolute atomic E-state index is 13.2. The number of ether oxygens (including phenoxy) is 2. The van der Waals surface area contributed by atoms with Crippen molar-refractivity contribution in [1.29, 1.82) is 0 Å². The molecule has 0 aliphatic rings. The van der Waals surface area contributed by atoms with E-state index in [0.717, 1.165) is 11.8 Å². The summed E-state index contributed by atoms with van der Waals surface area (Å²) < 4.78 is 65.2. The number of carbonyl (C=O) groups is 1. The SMILES string of the molecule is CCOCCn1c(=NC(=O)c2cccc(NS(=O)(=O)c3ccc(OC)cc3)c2)sc2cc(S(C)(=O)=O)ccc21. The number of rotatable bonds is 10. The highest BCUT2D eigenvalue weighted by molar-refractivity contribution is 7.92. The molecular weight excluding hydrogens is 563 g/mol. The quantitative estimate of drug-likeness (QED) is 0.279. The van der Waals surface area contributed by atoms with E-state index in [1.54, 1.807) is 22.8 Å². The van der Waals surface area contributed by atoms with Crippen molar-refractivity contribution in [3.8, 4) is 5.75 Å². The molecule has 0 saturated carbocycles. The number of amides is 1. The molecule has 1 N–H and O–H groups in total. The largest absolute Gasteiger partial charge is 0.497 e. The van der Waals surface area contributed by atoms with Crippen LogP contribution >= 0.6 is 11.3 Å². The lowest BCUT2D eigenvalue weighted by Gasteiger charge is -2.09. The van der Waals surface area contributed by atoms with Gasteiger partial charge in [-0.05, 0) is 67.6 Å². The van der Waals surface area contributed by atoms with Gasteiger partial charge in [0.1, 0.15) is 5.75 Å². The van der Waals surface area contributed by atoms with Crippen LogP contribution in [-0.4, -0.2) is 53.9 Å². The van der Waals surface area contributed by atoms with Gasteiger partial charge in [0.05, 0.1) is 33.7 Å². The zero-order chi connectivity index (χ0) is 28.2. The summed E-state index contributed by atoms with van der Waals surface area (Å²) in [5.41, 5.74) is 1.10. The highest BCUT2D eigenvalue weighted by Crippen LogP contribution is 2.23. The average molecular weight is 590 g/mol. The molecule has 206 valence electrons. The molecule has 1 heterocycles. The van der Waals surface area contributed by atoms with Crippen molar-refractivity contribution in [3.05, 3.63) is 77.1 Å². The molecule has 0 aliphatic carbocycles. The van der Waals surface area contributed by atoms with Crippen molar-refractivity contribution in [2.75, 3.05) is 31.3 Å². The zero-order valence-corrected chi connectivity index (χ0v) is 23.9. The molecule has 0 fully saturated rings. The van der Waals surface area contributed by atoms with E-state index >= 15 is 0 Å². The molecule has 0 spiro atoms. The van der Waals surface area contributed by atoms with Gasteiger partial charge in [-0.25, -0.2) is 16.8 Å². The average Bonchev–Trinajstić information content (AvgIpc) is 3.24. The molecule has 10 nitrogen and oxygen atoms in total. The van der Waals surface area contributed by atoms with Gasteiger partial charge in [0.25, 0.3) is 15.9 Å². The normalized spacial score (nSPS) is 12.5. The number of nitrogens with one attached hydrogen (secondary N) is 1. The minimum absolute atomic E-state index is 0.0406. The number of hydrogen-bond acceptors (Lipinski definition) is 8. The van der Waals surface area contributed by atoms with Gasteiger partial charge >= 0.3 is 0 Å². The van der Waals surface area contributed by atoms with E-state index < -0.39 is 25.8 Å². The van der Waals surface area contributed by atoms with E-state index in [9.17, 15) is 21.6 Å². The summed E-state index contributed by atoms with van der Waals surface area (Å²) in [5, 5.41) is 0. The first-order valence-electron chi connectivity index (χ1n) is 11.8. The second kappa shape index (κ2) is 11.7. The highest BCUT2D eigenvalue weighted by atomic mass is 32.2. The fraction of sp³-hybridized carbons (Fsp3) is 0.231. The molecule has 1 amide bonds. The number of sulfonamides is 1. The number of aromatic nitrogens is 1. The van der Waals surface area contributed by atoms with Gasteiger partial charge < -0.3 is 14.0 Å². The van der Waals surface area contributed by atoms with Gasteiger partial charge in [0.2, 0.25) is 0 Å². The fourth-order valence-corrected chi connectivity index (χ4v) is 6.59. The Bertz CT molecular complexity index is 1790. The predicted molar refractivity (Wildman–Crippen MR) is 150 cm³/mol. The number of thiazole rings is 1. The van der Waals surface area contributed by atoms with Crippen LogP contribution in [0.25, 0.3) is 10.2 Å². The van der Waals surface area contributed by atoms with Crippen LogP contribution in [0.3, 0.4) is 0 Å². The summed E-state index contributed by atoms with van der Waals surface area (Å²) in [6.07, 6.45) is 1.13. The summed E-state index contributed by atoms with van der Waals surface area (Å²) >= 11 is 1.18. The van der Waals surface area contributed by atoms with Crippen LogP contribution in [0.4, 0.5) is 5.69 Å². The van der Waals surface area contributed by atoms with Crippen molar-refractivity contribution < 1.29 is 31.1 Å². The summed E-state index contributed by atoms with van der Waals surface area (Å²) in [7, 11) is -5.83. The molecule has 0 aliphatic heterocycles. The minimum atomic E-state index is -3.91. The molecule has 0 atom stereocenters. The lowest BCUT2D eigenvalue weighted by Crippen LogP contribution is -2.20. The van der Waals surface area contributed by atoms with Crippen LogP contribution in [0, 0.1) is 0 Å². The number of sulfone groups is 1. The number of anilines is 1. The number of methoxy groups -OCH3 is 1. The maximum atomic E-state index is 13.2. The van der Waals surface area contributed by atoms with E-state index in [1.165, 1.54) is 67.0 Å². The topological polar surface area (TPSA) is 133 Å². The Morgan fingerprint density at radius 2 is 1.72 bits per heavy atom. The van der Waals surface area contributed by atoms with Crippen molar-refractivity contribution in [3.63, 3.8) is 0 Å². The third-order valence-electron chi connectivity index (χ3n) is 5.67. The molecule has 39 heavy (non-hydrogen) atoms. The molecule has 4 aromatic rings. The number of nitrogens with zero attached hydrogens (tertiary/aromatic N) is 2. The molecule has 0 unspecified atom stereocenters. The van der Waals surface area contributed by atoms with E-state index in [1.807, 2.05) is 6.92 Å². The summed E-state index contributed by atoms with van der Waals surface area (Å²) in [6, 6.07) is 16.7. The Morgan fingerprint density at radius 1 is 1.00 bits per heavy atom. The third kappa shape index (κ3) is 6.74. The van der Waals surface area contributed by atoms with Gasteiger partial charge in [-0.1, -0.05) is 17.4 Å².